The first kappa shape index (κ1) is 17.9. The summed E-state index contributed by atoms with van der Waals surface area (Å²) < 4.78 is 0. The molecule has 0 bridgehead atoms. The van der Waals surface area contributed by atoms with Gasteiger partial charge in [0.15, 0.2) is 0 Å². The van der Waals surface area contributed by atoms with Crippen LogP contribution in [0, 0.1) is 16.7 Å². The van der Waals surface area contributed by atoms with Crippen LogP contribution >= 0.6 is 0 Å². The molecule has 0 aliphatic carbocycles. The second-order valence-electron chi connectivity index (χ2n) is 6.58. The summed E-state index contributed by atoms with van der Waals surface area (Å²) in [6, 6.07) is 0. The van der Waals surface area contributed by atoms with E-state index in [2.05, 4.69) is 0 Å². The van der Waals surface area contributed by atoms with E-state index in [1.165, 1.54) is 0 Å². The third kappa shape index (κ3) is 4.84. The summed E-state index contributed by atoms with van der Waals surface area (Å²) >= 11 is 0. The number of hydrogen-bond donors (Lipinski definition) is 2. The van der Waals surface area contributed by atoms with Gasteiger partial charge < -0.3 is 10.2 Å². The number of rotatable bonds is 8. The van der Waals surface area contributed by atoms with Gasteiger partial charge in [-0.1, -0.05) is 40.5 Å². The molecule has 0 saturated heterocycles. The van der Waals surface area contributed by atoms with Crippen LogP contribution in [0.4, 0.5) is 0 Å². The van der Waals surface area contributed by atoms with Gasteiger partial charge in [-0.05, 0) is 31.6 Å². The molecule has 0 rings (SSSR count). The van der Waals surface area contributed by atoms with Gasteiger partial charge in [-0.3, -0.25) is 9.59 Å². The van der Waals surface area contributed by atoms with Crippen molar-refractivity contribution in [2.45, 2.75) is 66.7 Å². The lowest BCUT2D eigenvalue weighted by Gasteiger charge is -2.38. The van der Waals surface area contributed by atoms with Crippen LogP contribution in [-0.4, -0.2) is 22.2 Å². The van der Waals surface area contributed by atoms with Crippen molar-refractivity contribution in [2.75, 3.05) is 0 Å². The third-order valence-corrected chi connectivity index (χ3v) is 4.45. The summed E-state index contributed by atoms with van der Waals surface area (Å²) in [6.07, 6.45) is 3.37. The number of carboxylic acid groups (broad SMARTS) is 2. The minimum absolute atomic E-state index is 0.300. The highest BCUT2D eigenvalue weighted by molar-refractivity contribution is 5.75. The molecule has 112 valence electrons. The quantitative estimate of drug-likeness (QED) is 0.659. The van der Waals surface area contributed by atoms with Gasteiger partial charge in [-0.15, -0.1) is 0 Å². The molecule has 0 amide bonds. The van der Waals surface area contributed by atoms with Crippen LogP contribution in [0.25, 0.3) is 0 Å². The average Bonchev–Trinajstić information content (AvgIpc) is 2.26. The second-order valence-corrected chi connectivity index (χ2v) is 6.58. The van der Waals surface area contributed by atoms with Crippen molar-refractivity contribution in [3.05, 3.63) is 0 Å². The van der Waals surface area contributed by atoms with Crippen molar-refractivity contribution in [1.82, 2.24) is 0 Å². The molecule has 2 atom stereocenters. The van der Waals surface area contributed by atoms with Gasteiger partial charge in [-0.2, -0.15) is 0 Å². The Morgan fingerprint density at radius 2 is 1.58 bits per heavy atom. The van der Waals surface area contributed by atoms with Crippen LogP contribution in [0.5, 0.6) is 0 Å². The molecule has 0 aromatic rings. The van der Waals surface area contributed by atoms with E-state index in [0.29, 0.717) is 19.3 Å². The smallest absolute Gasteiger partial charge is 0.309 e. The molecule has 0 fully saturated rings. The molecule has 0 saturated carbocycles. The fourth-order valence-electron chi connectivity index (χ4n) is 2.17. The number of unbranched alkanes of at least 4 members (excludes halogenated alkanes) is 1. The third-order valence-electron chi connectivity index (χ3n) is 4.45. The van der Waals surface area contributed by atoms with Gasteiger partial charge in [0, 0.05) is 0 Å². The van der Waals surface area contributed by atoms with E-state index in [-0.39, 0.29) is 11.3 Å². The topological polar surface area (TPSA) is 74.6 Å². The number of hydrogen-bond acceptors (Lipinski definition) is 2. The first-order valence-corrected chi connectivity index (χ1v) is 7.02. The van der Waals surface area contributed by atoms with Gasteiger partial charge in [-0.25, -0.2) is 0 Å². The van der Waals surface area contributed by atoms with Crippen molar-refractivity contribution in [3.63, 3.8) is 0 Å². The Morgan fingerprint density at radius 1 is 1.05 bits per heavy atom. The van der Waals surface area contributed by atoms with E-state index in [1.807, 2.05) is 27.7 Å². The molecule has 0 heterocycles. The summed E-state index contributed by atoms with van der Waals surface area (Å²) in [7, 11) is 0. The second kappa shape index (κ2) is 6.92. The zero-order valence-electron chi connectivity index (χ0n) is 12.8. The maximum Gasteiger partial charge on any atom is 0.309 e. The molecular formula is C15H28O4. The zero-order valence-corrected chi connectivity index (χ0v) is 12.8. The Morgan fingerprint density at radius 3 is 1.89 bits per heavy atom. The predicted octanol–water partition coefficient (Wildman–Crippen LogP) is 3.79. The molecular weight excluding hydrogens is 244 g/mol. The first-order chi connectivity index (χ1) is 8.56. The highest BCUT2D eigenvalue weighted by Crippen LogP contribution is 2.42. The maximum atomic E-state index is 11.5. The maximum absolute atomic E-state index is 11.5. The number of aliphatic carboxylic acids is 2. The molecule has 4 heteroatoms. The lowest BCUT2D eigenvalue weighted by atomic mass is 9.65. The van der Waals surface area contributed by atoms with Crippen LogP contribution in [0.2, 0.25) is 0 Å². The molecule has 0 aliphatic rings. The normalized spacial score (nSPS) is 16.7. The van der Waals surface area contributed by atoms with Crippen LogP contribution < -0.4 is 0 Å². The highest BCUT2D eigenvalue weighted by Gasteiger charge is 2.43. The van der Waals surface area contributed by atoms with Gasteiger partial charge in [0.05, 0.1) is 11.3 Å². The summed E-state index contributed by atoms with van der Waals surface area (Å²) in [6.45, 7) is 9.47. The van der Waals surface area contributed by atoms with E-state index in [1.54, 1.807) is 6.92 Å². The van der Waals surface area contributed by atoms with Crippen molar-refractivity contribution in [2.24, 2.45) is 16.7 Å². The molecule has 0 aromatic carbocycles. The SMILES string of the molecule is CCC(CCCCC(C)(C(=O)O)C(C)(C)C)C(=O)O. The molecule has 0 radical (unpaired) electrons. The molecule has 0 spiro atoms. The minimum atomic E-state index is -0.773. The Bertz CT molecular complexity index is 317. The van der Waals surface area contributed by atoms with Gasteiger partial charge in [0.1, 0.15) is 0 Å². The van der Waals surface area contributed by atoms with E-state index in [0.717, 1.165) is 12.8 Å². The first-order valence-electron chi connectivity index (χ1n) is 7.02. The lowest BCUT2D eigenvalue weighted by molar-refractivity contribution is -0.155. The Balaban J connectivity index is 4.38. The van der Waals surface area contributed by atoms with E-state index >= 15 is 0 Å². The van der Waals surface area contributed by atoms with Crippen LogP contribution in [0.3, 0.4) is 0 Å². The molecule has 19 heavy (non-hydrogen) atoms. The minimum Gasteiger partial charge on any atom is -0.481 e. The Kier molecular flexibility index (Phi) is 6.53. The number of carboxylic acids is 2. The van der Waals surface area contributed by atoms with Crippen molar-refractivity contribution >= 4 is 11.9 Å². The Labute approximate surface area is 116 Å². The fourth-order valence-corrected chi connectivity index (χ4v) is 2.17. The van der Waals surface area contributed by atoms with Crippen LogP contribution in [-0.2, 0) is 9.59 Å². The fraction of sp³-hybridized carbons (Fsp3) is 0.867. The Hall–Kier alpha value is -1.06. The summed E-state index contributed by atoms with van der Waals surface area (Å²) in [5.74, 6) is -1.82. The molecule has 4 nitrogen and oxygen atoms in total. The molecule has 0 aliphatic heterocycles. The molecule has 0 aromatic heterocycles. The van der Waals surface area contributed by atoms with E-state index < -0.39 is 17.4 Å². The largest absolute Gasteiger partial charge is 0.481 e. The average molecular weight is 272 g/mol. The molecule has 2 unspecified atom stereocenters. The molecule has 2 N–H and O–H groups in total. The van der Waals surface area contributed by atoms with E-state index in [9.17, 15) is 14.7 Å². The summed E-state index contributed by atoms with van der Waals surface area (Å²) in [5, 5.41) is 18.4. The predicted molar refractivity (Wildman–Crippen MR) is 75.1 cm³/mol. The van der Waals surface area contributed by atoms with Gasteiger partial charge in [0.2, 0.25) is 0 Å². The van der Waals surface area contributed by atoms with Crippen LogP contribution in [0.15, 0.2) is 0 Å². The van der Waals surface area contributed by atoms with Crippen molar-refractivity contribution < 1.29 is 19.8 Å². The standard InChI is InChI=1S/C15H28O4/c1-6-11(12(16)17)9-7-8-10-15(5,13(18)19)14(2,3)4/h11H,6-10H2,1-5H3,(H,16,17)(H,18,19). The number of carbonyl (C=O) groups is 2. The van der Waals surface area contributed by atoms with Crippen LogP contribution in [0.1, 0.15) is 66.7 Å². The van der Waals surface area contributed by atoms with Crippen molar-refractivity contribution in [3.8, 4) is 0 Å². The zero-order chi connectivity index (χ0) is 15.3. The van der Waals surface area contributed by atoms with Gasteiger partial charge in [0.25, 0.3) is 0 Å². The monoisotopic (exact) mass is 272 g/mol. The van der Waals surface area contributed by atoms with E-state index in [4.69, 9.17) is 5.11 Å². The lowest BCUT2D eigenvalue weighted by Crippen LogP contribution is -2.40. The van der Waals surface area contributed by atoms with Gasteiger partial charge >= 0.3 is 11.9 Å². The van der Waals surface area contributed by atoms with Crippen molar-refractivity contribution in [1.29, 1.82) is 0 Å². The summed E-state index contributed by atoms with van der Waals surface area (Å²) in [5.41, 5.74) is -1.08. The summed E-state index contributed by atoms with van der Waals surface area (Å²) in [4.78, 5) is 22.4. The highest BCUT2D eigenvalue weighted by atomic mass is 16.4.